The van der Waals surface area contributed by atoms with Crippen LogP contribution < -0.4 is 24.3 Å². The molecule has 1 N–H and O–H groups in total. The van der Waals surface area contributed by atoms with Crippen molar-refractivity contribution in [3.63, 3.8) is 0 Å². The van der Waals surface area contributed by atoms with Gasteiger partial charge in [-0.1, -0.05) is 0 Å². The van der Waals surface area contributed by atoms with Gasteiger partial charge in [0.25, 0.3) is 5.91 Å². The summed E-state index contributed by atoms with van der Waals surface area (Å²) in [6.45, 7) is 1.48. The van der Waals surface area contributed by atoms with Crippen LogP contribution in [0.1, 0.15) is 17.3 Å². The second kappa shape index (κ2) is 9.50. The molecule has 2 aromatic rings. The molecule has 8 heteroatoms. The van der Waals surface area contributed by atoms with E-state index in [4.69, 9.17) is 23.7 Å². The van der Waals surface area contributed by atoms with Gasteiger partial charge in [-0.25, -0.2) is 4.79 Å². The molecule has 0 aliphatic heterocycles. The van der Waals surface area contributed by atoms with Crippen molar-refractivity contribution in [2.45, 2.75) is 13.0 Å². The Bertz CT molecular complexity index is 833. The van der Waals surface area contributed by atoms with Crippen molar-refractivity contribution < 1.29 is 33.3 Å². The number of hydrogen-bond donors (Lipinski definition) is 1. The summed E-state index contributed by atoms with van der Waals surface area (Å²) in [7, 11) is 5.85. The Hall–Kier alpha value is -3.42. The van der Waals surface area contributed by atoms with Crippen molar-refractivity contribution in [1.82, 2.24) is 0 Å². The van der Waals surface area contributed by atoms with Crippen molar-refractivity contribution in [1.29, 1.82) is 0 Å². The van der Waals surface area contributed by atoms with Crippen LogP contribution in [0.25, 0.3) is 0 Å². The number of amides is 1. The Kier molecular flexibility index (Phi) is 7.08. The number of esters is 1. The van der Waals surface area contributed by atoms with Gasteiger partial charge in [0, 0.05) is 5.69 Å². The first-order chi connectivity index (χ1) is 13.4. The molecular weight excluding hydrogens is 366 g/mol. The van der Waals surface area contributed by atoms with E-state index in [2.05, 4.69) is 5.32 Å². The molecule has 28 heavy (non-hydrogen) atoms. The van der Waals surface area contributed by atoms with E-state index in [9.17, 15) is 9.59 Å². The smallest absolute Gasteiger partial charge is 0.342 e. The lowest BCUT2D eigenvalue weighted by Gasteiger charge is -2.17. The number of rotatable bonds is 8. The molecule has 150 valence electrons. The first kappa shape index (κ1) is 20.9. The number of methoxy groups -OCH3 is 4. The van der Waals surface area contributed by atoms with E-state index in [1.165, 1.54) is 34.3 Å². The first-order valence-electron chi connectivity index (χ1n) is 8.40. The molecule has 2 rings (SSSR count). The summed E-state index contributed by atoms with van der Waals surface area (Å²) in [6, 6.07) is 9.82. The maximum atomic E-state index is 12.5. The fourth-order valence-corrected chi connectivity index (χ4v) is 2.46. The molecule has 0 radical (unpaired) electrons. The largest absolute Gasteiger partial charge is 0.497 e. The Morgan fingerprint density at radius 3 is 2.00 bits per heavy atom. The maximum Gasteiger partial charge on any atom is 0.342 e. The average molecular weight is 389 g/mol. The Labute approximate surface area is 163 Å². The van der Waals surface area contributed by atoms with Gasteiger partial charge in [0.05, 0.1) is 28.4 Å². The molecule has 8 nitrogen and oxygen atoms in total. The van der Waals surface area contributed by atoms with E-state index >= 15 is 0 Å². The summed E-state index contributed by atoms with van der Waals surface area (Å²) in [4.78, 5) is 24.9. The van der Waals surface area contributed by atoms with E-state index in [0.717, 1.165) is 0 Å². The van der Waals surface area contributed by atoms with E-state index in [1.807, 2.05) is 0 Å². The number of anilines is 1. The van der Waals surface area contributed by atoms with Gasteiger partial charge in [0.15, 0.2) is 17.6 Å². The number of nitrogens with one attached hydrogen (secondary N) is 1. The molecule has 2 aromatic carbocycles. The van der Waals surface area contributed by atoms with Crippen LogP contribution in [0, 0.1) is 0 Å². The van der Waals surface area contributed by atoms with Gasteiger partial charge in [-0.3, -0.25) is 4.79 Å². The van der Waals surface area contributed by atoms with E-state index in [-0.39, 0.29) is 17.1 Å². The van der Waals surface area contributed by atoms with Gasteiger partial charge in [-0.15, -0.1) is 0 Å². The van der Waals surface area contributed by atoms with Crippen molar-refractivity contribution in [2.75, 3.05) is 33.8 Å². The van der Waals surface area contributed by atoms with Crippen LogP contribution in [0.4, 0.5) is 5.69 Å². The van der Waals surface area contributed by atoms with Crippen LogP contribution in [0.2, 0.25) is 0 Å². The van der Waals surface area contributed by atoms with Crippen molar-refractivity contribution in [3.8, 4) is 23.0 Å². The normalized spacial score (nSPS) is 11.2. The van der Waals surface area contributed by atoms with E-state index < -0.39 is 18.0 Å². The predicted octanol–water partition coefficient (Wildman–Crippen LogP) is 2.91. The van der Waals surface area contributed by atoms with Crippen LogP contribution in [-0.4, -0.2) is 46.4 Å². The third-order valence-electron chi connectivity index (χ3n) is 3.93. The monoisotopic (exact) mass is 389 g/mol. The van der Waals surface area contributed by atoms with Crippen LogP contribution in [-0.2, 0) is 9.53 Å². The fourth-order valence-electron chi connectivity index (χ4n) is 2.46. The molecule has 1 unspecified atom stereocenters. The number of carbonyl (C=O) groups is 2. The third-order valence-corrected chi connectivity index (χ3v) is 3.93. The molecule has 0 aliphatic carbocycles. The van der Waals surface area contributed by atoms with Gasteiger partial charge >= 0.3 is 5.97 Å². The average Bonchev–Trinajstić information content (AvgIpc) is 2.72. The fraction of sp³-hybridized carbons (Fsp3) is 0.300. The summed E-state index contributed by atoms with van der Waals surface area (Å²) < 4.78 is 26.1. The maximum absolute atomic E-state index is 12.5. The molecule has 0 fully saturated rings. The Morgan fingerprint density at radius 2 is 1.46 bits per heavy atom. The number of benzene rings is 2. The summed E-state index contributed by atoms with van der Waals surface area (Å²) >= 11 is 0. The predicted molar refractivity (Wildman–Crippen MR) is 103 cm³/mol. The topological polar surface area (TPSA) is 92.3 Å². The molecule has 0 bridgehead atoms. The first-order valence-corrected chi connectivity index (χ1v) is 8.40. The summed E-state index contributed by atoms with van der Waals surface area (Å²) in [6.07, 6.45) is -1.03. The highest BCUT2D eigenvalue weighted by molar-refractivity contribution is 5.99. The van der Waals surface area contributed by atoms with Crippen molar-refractivity contribution in [3.05, 3.63) is 42.0 Å². The Morgan fingerprint density at radius 1 is 0.821 bits per heavy atom. The van der Waals surface area contributed by atoms with Crippen LogP contribution in [0.3, 0.4) is 0 Å². The quantitative estimate of drug-likeness (QED) is 0.694. The minimum Gasteiger partial charge on any atom is -0.497 e. The number of hydrogen-bond acceptors (Lipinski definition) is 7. The van der Waals surface area contributed by atoms with Crippen molar-refractivity contribution in [2.24, 2.45) is 0 Å². The van der Waals surface area contributed by atoms with Gasteiger partial charge in [0.2, 0.25) is 5.75 Å². The lowest BCUT2D eigenvalue weighted by Crippen LogP contribution is -2.30. The van der Waals surface area contributed by atoms with Crippen LogP contribution in [0.5, 0.6) is 23.0 Å². The molecule has 0 saturated carbocycles. The third kappa shape index (κ3) is 4.64. The molecule has 0 aromatic heterocycles. The Balaban J connectivity index is 2.11. The molecular formula is C20H23NO7. The molecule has 1 amide bonds. The molecule has 0 heterocycles. The molecule has 1 atom stereocenters. The second-order valence-electron chi connectivity index (χ2n) is 5.65. The van der Waals surface area contributed by atoms with Gasteiger partial charge in [-0.05, 0) is 43.3 Å². The highest BCUT2D eigenvalue weighted by Crippen LogP contribution is 2.40. The SMILES string of the molecule is COc1ccc(NC(=O)C(C)OC(=O)c2ccc(OC)c(OC)c2OC)cc1. The van der Waals surface area contributed by atoms with E-state index in [1.54, 1.807) is 37.4 Å². The van der Waals surface area contributed by atoms with Gasteiger partial charge in [0.1, 0.15) is 11.3 Å². The molecule has 0 aliphatic rings. The van der Waals surface area contributed by atoms with Crippen molar-refractivity contribution >= 4 is 17.6 Å². The second-order valence-corrected chi connectivity index (χ2v) is 5.65. The summed E-state index contributed by atoms with van der Waals surface area (Å²) in [5.41, 5.74) is 0.668. The summed E-state index contributed by atoms with van der Waals surface area (Å²) in [5.74, 6) is 0.289. The zero-order valence-corrected chi connectivity index (χ0v) is 16.4. The molecule has 0 spiro atoms. The zero-order valence-electron chi connectivity index (χ0n) is 16.4. The van der Waals surface area contributed by atoms with Crippen LogP contribution >= 0.6 is 0 Å². The lowest BCUT2D eigenvalue weighted by molar-refractivity contribution is -0.123. The van der Waals surface area contributed by atoms with Gasteiger partial charge in [-0.2, -0.15) is 0 Å². The standard InChI is InChI=1S/C20H23NO7/c1-12(19(22)21-13-6-8-14(24-2)9-7-13)28-20(23)15-10-11-16(25-3)18(27-5)17(15)26-4/h6-12H,1-5H3,(H,21,22). The zero-order chi connectivity index (χ0) is 20.7. The van der Waals surface area contributed by atoms with Gasteiger partial charge < -0.3 is 29.0 Å². The number of ether oxygens (including phenoxy) is 5. The van der Waals surface area contributed by atoms with E-state index in [0.29, 0.717) is 17.2 Å². The minimum absolute atomic E-state index is 0.115. The van der Waals surface area contributed by atoms with Crippen LogP contribution in [0.15, 0.2) is 36.4 Å². The number of carbonyl (C=O) groups excluding carboxylic acids is 2. The summed E-state index contributed by atoms with van der Waals surface area (Å²) in [5, 5.41) is 2.67. The minimum atomic E-state index is -1.03. The highest BCUT2D eigenvalue weighted by atomic mass is 16.6. The highest BCUT2D eigenvalue weighted by Gasteiger charge is 2.25. The molecule has 0 saturated heterocycles. The lowest BCUT2D eigenvalue weighted by atomic mass is 10.1.